The summed E-state index contributed by atoms with van der Waals surface area (Å²) in [6.45, 7) is 1.50. The lowest BCUT2D eigenvalue weighted by Gasteiger charge is -2.09. The number of fused-ring (bicyclic) bond motifs is 1. The Bertz CT molecular complexity index is 1330. The molecule has 0 radical (unpaired) electrons. The molecule has 2 amide bonds. The summed E-state index contributed by atoms with van der Waals surface area (Å²) in [7, 11) is 0. The summed E-state index contributed by atoms with van der Waals surface area (Å²) in [5.41, 5.74) is 2.49. The molecule has 2 N–H and O–H groups in total. The van der Waals surface area contributed by atoms with Crippen molar-refractivity contribution in [2.45, 2.75) is 11.8 Å². The molecule has 0 aromatic heterocycles. The molecule has 4 aromatic carbocycles. The molecule has 0 atom stereocenters. The number of carbonyl (C=O) groups is 3. The number of nitrogens with one attached hydrogen (secondary N) is 2. The molecule has 0 bridgehead atoms. The number of anilines is 2. The Balaban J connectivity index is 1.34. The summed E-state index contributed by atoms with van der Waals surface area (Å²) in [4.78, 5) is 37.2. The Labute approximate surface area is 196 Å². The standard InChI is InChI=1S/C27H22N2O3S/c1-18(30)19-11-13-23(14-12-19)28-26(31)17-33-25-8-4-7-24(16-25)29-27(32)22-10-9-20-5-2-3-6-21(20)15-22/h2-16H,17H2,1H3,(H,28,31)(H,29,32). The summed E-state index contributed by atoms with van der Waals surface area (Å²) in [6, 6.07) is 27.7. The molecule has 0 spiro atoms. The van der Waals surface area contributed by atoms with Gasteiger partial charge in [0.1, 0.15) is 0 Å². The highest BCUT2D eigenvalue weighted by Crippen LogP contribution is 2.23. The molecule has 0 aliphatic heterocycles. The minimum Gasteiger partial charge on any atom is -0.325 e. The van der Waals surface area contributed by atoms with Crippen molar-refractivity contribution >= 4 is 51.5 Å². The van der Waals surface area contributed by atoms with Gasteiger partial charge in [-0.05, 0) is 72.3 Å². The molecule has 0 aliphatic rings. The first-order chi connectivity index (χ1) is 16.0. The highest BCUT2D eigenvalue weighted by molar-refractivity contribution is 8.00. The Hall–Kier alpha value is -3.90. The highest BCUT2D eigenvalue weighted by Gasteiger charge is 2.09. The molecule has 164 valence electrons. The largest absolute Gasteiger partial charge is 0.325 e. The molecule has 4 aromatic rings. The lowest BCUT2D eigenvalue weighted by atomic mass is 10.1. The van der Waals surface area contributed by atoms with Crippen LogP contribution in [0.4, 0.5) is 11.4 Å². The van der Waals surface area contributed by atoms with E-state index in [0.717, 1.165) is 15.7 Å². The third-order valence-electron chi connectivity index (χ3n) is 5.05. The van der Waals surface area contributed by atoms with E-state index in [1.807, 2.05) is 66.7 Å². The van der Waals surface area contributed by atoms with Gasteiger partial charge in [0.2, 0.25) is 5.91 Å². The van der Waals surface area contributed by atoms with Crippen molar-refractivity contribution in [2.24, 2.45) is 0 Å². The van der Waals surface area contributed by atoms with Crippen LogP contribution in [-0.2, 0) is 4.79 Å². The van der Waals surface area contributed by atoms with Crippen molar-refractivity contribution < 1.29 is 14.4 Å². The number of hydrogen-bond acceptors (Lipinski definition) is 4. The Morgan fingerprint density at radius 3 is 2.18 bits per heavy atom. The lowest BCUT2D eigenvalue weighted by Crippen LogP contribution is -2.14. The molecule has 5 nitrogen and oxygen atoms in total. The molecular weight excluding hydrogens is 432 g/mol. The predicted octanol–water partition coefficient (Wildman–Crippen LogP) is 6.03. The summed E-state index contributed by atoms with van der Waals surface area (Å²) in [5.74, 6) is -0.136. The monoisotopic (exact) mass is 454 g/mol. The van der Waals surface area contributed by atoms with E-state index in [2.05, 4.69) is 10.6 Å². The van der Waals surface area contributed by atoms with E-state index in [4.69, 9.17) is 0 Å². The minimum atomic E-state index is -0.186. The molecule has 6 heteroatoms. The molecule has 0 heterocycles. The first kappa shape index (κ1) is 22.3. The first-order valence-corrected chi connectivity index (χ1v) is 11.4. The van der Waals surface area contributed by atoms with Crippen LogP contribution < -0.4 is 10.6 Å². The molecule has 0 fully saturated rings. The highest BCUT2D eigenvalue weighted by atomic mass is 32.2. The zero-order valence-corrected chi connectivity index (χ0v) is 18.8. The van der Waals surface area contributed by atoms with E-state index in [-0.39, 0.29) is 23.4 Å². The Kier molecular flexibility index (Phi) is 6.86. The van der Waals surface area contributed by atoms with E-state index in [1.54, 1.807) is 24.3 Å². The molecule has 0 aliphatic carbocycles. The fraction of sp³-hybridized carbons (Fsp3) is 0.0741. The van der Waals surface area contributed by atoms with E-state index < -0.39 is 0 Å². The van der Waals surface area contributed by atoms with Crippen molar-refractivity contribution in [2.75, 3.05) is 16.4 Å². The third-order valence-corrected chi connectivity index (χ3v) is 6.04. The van der Waals surface area contributed by atoms with Crippen molar-refractivity contribution in [3.63, 3.8) is 0 Å². The lowest BCUT2D eigenvalue weighted by molar-refractivity contribution is -0.113. The summed E-state index contributed by atoms with van der Waals surface area (Å²) < 4.78 is 0. The second-order valence-corrected chi connectivity index (χ2v) is 8.56. The van der Waals surface area contributed by atoms with Crippen LogP contribution in [0.3, 0.4) is 0 Å². The molecule has 0 saturated heterocycles. The maximum absolute atomic E-state index is 12.7. The Morgan fingerprint density at radius 2 is 1.42 bits per heavy atom. The maximum Gasteiger partial charge on any atom is 0.255 e. The van der Waals surface area contributed by atoms with Crippen LogP contribution in [0, 0.1) is 0 Å². The second-order valence-electron chi connectivity index (χ2n) is 7.51. The maximum atomic E-state index is 12.7. The molecule has 33 heavy (non-hydrogen) atoms. The van der Waals surface area contributed by atoms with Gasteiger partial charge in [-0.2, -0.15) is 0 Å². The van der Waals surface area contributed by atoms with Crippen molar-refractivity contribution in [3.05, 3.63) is 102 Å². The number of hydrogen-bond donors (Lipinski definition) is 2. The van der Waals surface area contributed by atoms with Gasteiger partial charge in [0.25, 0.3) is 5.91 Å². The van der Waals surface area contributed by atoms with Crippen molar-refractivity contribution in [1.82, 2.24) is 0 Å². The zero-order chi connectivity index (χ0) is 23.2. The van der Waals surface area contributed by atoms with E-state index in [0.29, 0.717) is 22.5 Å². The van der Waals surface area contributed by atoms with Crippen LogP contribution in [0.15, 0.2) is 95.9 Å². The van der Waals surface area contributed by atoms with Gasteiger partial charge in [0, 0.05) is 27.4 Å². The number of benzene rings is 4. The third kappa shape index (κ3) is 5.87. The second kappa shape index (κ2) is 10.1. The Morgan fingerprint density at radius 1 is 0.697 bits per heavy atom. The number of ketones is 1. The predicted molar refractivity (Wildman–Crippen MR) is 134 cm³/mol. The van der Waals surface area contributed by atoms with Gasteiger partial charge in [-0.1, -0.05) is 36.4 Å². The molecule has 0 saturated carbocycles. The normalized spacial score (nSPS) is 10.6. The van der Waals surface area contributed by atoms with Crippen LogP contribution in [0.5, 0.6) is 0 Å². The fourth-order valence-corrected chi connectivity index (χ4v) is 4.09. The summed E-state index contributed by atoms with van der Waals surface area (Å²) >= 11 is 1.38. The summed E-state index contributed by atoms with van der Waals surface area (Å²) in [6.07, 6.45) is 0. The first-order valence-electron chi connectivity index (χ1n) is 10.4. The van der Waals surface area contributed by atoms with Crippen LogP contribution in [0.2, 0.25) is 0 Å². The number of thioether (sulfide) groups is 1. The van der Waals surface area contributed by atoms with Crippen molar-refractivity contribution in [1.29, 1.82) is 0 Å². The van der Waals surface area contributed by atoms with Gasteiger partial charge in [0.15, 0.2) is 5.78 Å². The van der Waals surface area contributed by atoms with Gasteiger partial charge in [-0.25, -0.2) is 0 Å². The fourth-order valence-electron chi connectivity index (χ4n) is 3.33. The van der Waals surface area contributed by atoms with E-state index in [1.165, 1.54) is 18.7 Å². The minimum absolute atomic E-state index is 0.0176. The van der Waals surface area contributed by atoms with E-state index >= 15 is 0 Å². The number of amides is 2. The van der Waals surface area contributed by atoms with Gasteiger partial charge >= 0.3 is 0 Å². The SMILES string of the molecule is CC(=O)c1ccc(NC(=O)CSc2cccc(NC(=O)c3ccc4ccccc4c3)c2)cc1. The molecular formula is C27H22N2O3S. The van der Waals surface area contributed by atoms with Gasteiger partial charge in [-0.15, -0.1) is 11.8 Å². The van der Waals surface area contributed by atoms with Crippen LogP contribution in [0.25, 0.3) is 10.8 Å². The van der Waals surface area contributed by atoms with Gasteiger partial charge in [0.05, 0.1) is 5.75 Å². The average Bonchev–Trinajstić information content (AvgIpc) is 2.83. The van der Waals surface area contributed by atoms with Crippen LogP contribution >= 0.6 is 11.8 Å². The van der Waals surface area contributed by atoms with Crippen LogP contribution in [-0.4, -0.2) is 23.4 Å². The topological polar surface area (TPSA) is 75.3 Å². The number of Topliss-reactive ketones (excluding diaryl/α,β-unsaturated/α-hetero) is 1. The number of rotatable bonds is 7. The average molecular weight is 455 g/mol. The van der Waals surface area contributed by atoms with Crippen molar-refractivity contribution in [3.8, 4) is 0 Å². The van der Waals surface area contributed by atoms with Gasteiger partial charge < -0.3 is 10.6 Å². The smallest absolute Gasteiger partial charge is 0.255 e. The summed E-state index contributed by atoms with van der Waals surface area (Å²) in [5, 5.41) is 7.84. The molecule has 0 unspecified atom stereocenters. The van der Waals surface area contributed by atoms with Crippen LogP contribution in [0.1, 0.15) is 27.6 Å². The number of carbonyl (C=O) groups excluding carboxylic acids is 3. The van der Waals surface area contributed by atoms with E-state index in [9.17, 15) is 14.4 Å². The molecule has 4 rings (SSSR count). The quantitative estimate of drug-likeness (QED) is 0.264. The zero-order valence-electron chi connectivity index (χ0n) is 18.0. The van der Waals surface area contributed by atoms with Gasteiger partial charge in [-0.3, -0.25) is 14.4 Å².